The monoisotopic (exact) mass is 318 g/mol. The molecular formula is C12H18N2O6S. The highest BCUT2D eigenvalue weighted by Crippen LogP contribution is 2.37. The number of carboxylic acid groups (broad SMARTS) is 1. The molecule has 0 bridgehead atoms. The van der Waals surface area contributed by atoms with E-state index in [1.165, 1.54) is 17.9 Å². The van der Waals surface area contributed by atoms with Crippen LogP contribution in [0.25, 0.3) is 0 Å². The number of nitrogens with one attached hydrogen (secondary N) is 1. The number of sulfonamides is 1. The van der Waals surface area contributed by atoms with Gasteiger partial charge in [-0.2, -0.15) is 0 Å². The third-order valence-electron chi connectivity index (χ3n) is 3.20. The number of methoxy groups -OCH3 is 1. The Bertz CT molecular complexity index is 620. The van der Waals surface area contributed by atoms with Crippen molar-refractivity contribution in [1.29, 1.82) is 0 Å². The number of aliphatic hydroxyl groups is 1. The van der Waals surface area contributed by atoms with Crippen LogP contribution in [0.15, 0.2) is 17.2 Å². The molecule has 2 rings (SSSR count). The molecule has 9 heteroatoms. The molecule has 0 aliphatic heterocycles. The zero-order chi connectivity index (χ0) is 15.6. The molecule has 0 radical (unpaired) electrons. The average Bonchev–Trinajstić information content (AvgIpc) is 3.15. The van der Waals surface area contributed by atoms with Crippen LogP contribution in [0, 0.1) is 0 Å². The quantitative estimate of drug-likeness (QED) is 0.611. The van der Waals surface area contributed by atoms with Gasteiger partial charge >= 0.3 is 5.97 Å². The van der Waals surface area contributed by atoms with Gasteiger partial charge < -0.3 is 19.5 Å². The van der Waals surface area contributed by atoms with E-state index in [1.807, 2.05) is 0 Å². The number of aliphatic hydroxyl groups excluding tert-OH is 1. The van der Waals surface area contributed by atoms with Crippen molar-refractivity contribution in [2.24, 2.45) is 0 Å². The van der Waals surface area contributed by atoms with Crippen molar-refractivity contribution in [2.45, 2.75) is 29.8 Å². The summed E-state index contributed by atoms with van der Waals surface area (Å²) in [5, 5.41) is 18.2. The lowest BCUT2D eigenvalue weighted by Crippen LogP contribution is -2.40. The fourth-order valence-corrected chi connectivity index (χ4v) is 3.28. The molecule has 1 heterocycles. The Balaban J connectivity index is 2.27. The van der Waals surface area contributed by atoms with E-state index < -0.39 is 28.6 Å². The lowest BCUT2D eigenvalue weighted by molar-refractivity contribution is 0.0685. The second-order valence-corrected chi connectivity index (χ2v) is 6.67. The van der Waals surface area contributed by atoms with Crippen molar-refractivity contribution in [3.8, 4) is 0 Å². The van der Waals surface area contributed by atoms with Crippen molar-refractivity contribution in [1.82, 2.24) is 9.29 Å². The molecule has 0 spiro atoms. The maximum atomic E-state index is 12.2. The largest absolute Gasteiger partial charge is 0.477 e. The van der Waals surface area contributed by atoms with E-state index in [1.54, 1.807) is 0 Å². The highest BCUT2D eigenvalue weighted by molar-refractivity contribution is 7.89. The van der Waals surface area contributed by atoms with Crippen molar-refractivity contribution in [2.75, 3.05) is 20.3 Å². The van der Waals surface area contributed by atoms with Crippen LogP contribution in [-0.4, -0.2) is 55.5 Å². The Morgan fingerprint density at radius 2 is 2.24 bits per heavy atom. The number of carbonyl (C=O) groups is 1. The first-order valence-electron chi connectivity index (χ1n) is 6.46. The van der Waals surface area contributed by atoms with Crippen LogP contribution in [0.3, 0.4) is 0 Å². The minimum absolute atomic E-state index is 0.0187. The molecular weight excluding hydrogens is 300 g/mol. The van der Waals surface area contributed by atoms with E-state index in [-0.39, 0.29) is 23.2 Å². The summed E-state index contributed by atoms with van der Waals surface area (Å²) in [6.45, 7) is -0.396. The SMILES string of the molecule is COCC(CO)NS(=O)(=O)c1cc(C(=O)O)n(C2CC2)c1. The molecule has 0 aromatic carbocycles. The normalized spacial score (nSPS) is 16.9. The van der Waals surface area contributed by atoms with Gasteiger partial charge in [0.15, 0.2) is 0 Å². The molecule has 1 atom stereocenters. The van der Waals surface area contributed by atoms with Crippen molar-refractivity contribution in [3.63, 3.8) is 0 Å². The molecule has 1 aliphatic rings. The topological polar surface area (TPSA) is 118 Å². The lowest BCUT2D eigenvalue weighted by Gasteiger charge is -2.14. The van der Waals surface area contributed by atoms with Gasteiger partial charge in [0, 0.05) is 19.3 Å². The van der Waals surface area contributed by atoms with Crippen molar-refractivity contribution in [3.05, 3.63) is 18.0 Å². The molecule has 0 saturated heterocycles. The Morgan fingerprint density at radius 3 is 2.71 bits per heavy atom. The number of aromatic carboxylic acids is 1. The first-order chi connectivity index (χ1) is 9.89. The predicted octanol–water partition coefficient (Wildman–Crippen LogP) is -0.193. The number of rotatable bonds is 8. The zero-order valence-electron chi connectivity index (χ0n) is 11.5. The van der Waals surface area contributed by atoms with E-state index in [0.717, 1.165) is 18.9 Å². The van der Waals surface area contributed by atoms with Crippen LogP contribution in [0.4, 0.5) is 0 Å². The van der Waals surface area contributed by atoms with Crippen LogP contribution >= 0.6 is 0 Å². The van der Waals surface area contributed by atoms with Crippen LogP contribution in [0.1, 0.15) is 29.4 Å². The Labute approximate surface area is 122 Å². The van der Waals surface area contributed by atoms with Gasteiger partial charge in [0.25, 0.3) is 0 Å². The second-order valence-electron chi connectivity index (χ2n) is 4.96. The maximum absolute atomic E-state index is 12.2. The fraction of sp³-hybridized carbons (Fsp3) is 0.583. The molecule has 0 amide bonds. The number of carboxylic acids is 1. The van der Waals surface area contributed by atoms with Crippen LogP contribution < -0.4 is 4.72 Å². The first kappa shape index (κ1) is 16.0. The van der Waals surface area contributed by atoms with Gasteiger partial charge in [-0.1, -0.05) is 0 Å². The van der Waals surface area contributed by atoms with E-state index in [0.29, 0.717) is 0 Å². The highest BCUT2D eigenvalue weighted by Gasteiger charge is 2.31. The van der Waals surface area contributed by atoms with E-state index in [9.17, 15) is 13.2 Å². The molecule has 1 aromatic heterocycles. The summed E-state index contributed by atoms with van der Waals surface area (Å²) in [5.41, 5.74) is -0.0508. The van der Waals surface area contributed by atoms with Crippen molar-refractivity contribution >= 4 is 16.0 Å². The Hall–Kier alpha value is -1.42. The summed E-state index contributed by atoms with van der Waals surface area (Å²) in [5.74, 6) is -1.17. The van der Waals surface area contributed by atoms with Crippen LogP contribution in [0.2, 0.25) is 0 Å². The lowest BCUT2D eigenvalue weighted by atomic mass is 10.4. The first-order valence-corrected chi connectivity index (χ1v) is 7.94. The van der Waals surface area contributed by atoms with Crippen LogP contribution in [-0.2, 0) is 14.8 Å². The number of aromatic nitrogens is 1. The Kier molecular flexibility index (Phi) is 4.67. The second kappa shape index (κ2) is 6.14. The molecule has 1 fully saturated rings. The van der Waals surface area contributed by atoms with Crippen LogP contribution in [0.5, 0.6) is 0 Å². The van der Waals surface area contributed by atoms with E-state index in [4.69, 9.17) is 14.9 Å². The molecule has 1 unspecified atom stereocenters. The summed E-state index contributed by atoms with van der Waals surface area (Å²) in [4.78, 5) is 11.1. The summed E-state index contributed by atoms with van der Waals surface area (Å²) < 4.78 is 33.0. The summed E-state index contributed by atoms with van der Waals surface area (Å²) >= 11 is 0. The molecule has 1 aromatic rings. The zero-order valence-corrected chi connectivity index (χ0v) is 12.3. The van der Waals surface area contributed by atoms with Gasteiger partial charge in [-0.15, -0.1) is 0 Å². The third kappa shape index (κ3) is 3.62. The minimum atomic E-state index is -3.91. The smallest absolute Gasteiger partial charge is 0.352 e. The standard InChI is InChI=1S/C12H18N2O6S/c1-20-7-8(6-15)13-21(18,19)10-4-11(12(16)17)14(5-10)9-2-3-9/h4-5,8-9,13,15H,2-3,6-7H2,1H3,(H,16,17). The van der Waals surface area contributed by atoms with Gasteiger partial charge in [-0.05, 0) is 18.9 Å². The predicted molar refractivity (Wildman–Crippen MR) is 72.7 cm³/mol. The molecule has 118 valence electrons. The molecule has 21 heavy (non-hydrogen) atoms. The number of nitrogens with zero attached hydrogens (tertiary/aromatic N) is 1. The summed E-state index contributed by atoms with van der Waals surface area (Å²) in [7, 11) is -2.52. The molecule has 1 aliphatic carbocycles. The minimum Gasteiger partial charge on any atom is -0.477 e. The van der Waals surface area contributed by atoms with Gasteiger partial charge in [0.1, 0.15) is 10.6 Å². The average molecular weight is 318 g/mol. The van der Waals surface area contributed by atoms with E-state index >= 15 is 0 Å². The summed E-state index contributed by atoms with van der Waals surface area (Å²) in [6.07, 6.45) is 3.00. The molecule has 1 saturated carbocycles. The third-order valence-corrected chi connectivity index (χ3v) is 4.69. The number of ether oxygens (including phenoxy) is 1. The Morgan fingerprint density at radius 1 is 1.57 bits per heavy atom. The maximum Gasteiger partial charge on any atom is 0.352 e. The van der Waals surface area contributed by atoms with Gasteiger partial charge in [0.2, 0.25) is 10.0 Å². The van der Waals surface area contributed by atoms with Gasteiger partial charge in [-0.25, -0.2) is 17.9 Å². The molecule has 8 nitrogen and oxygen atoms in total. The van der Waals surface area contributed by atoms with Gasteiger partial charge in [-0.3, -0.25) is 0 Å². The van der Waals surface area contributed by atoms with E-state index in [2.05, 4.69) is 4.72 Å². The van der Waals surface area contributed by atoms with Gasteiger partial charge in [0.05, 0.1) is 19.3 Å². The molecule has 3 N–H and O–H groups in total. The highest BCUT2D eigenvalue weighted by atomic mass is 32.2. The fourth-order valence-electron chi connectivity index (χ4n) is 2.04. The number of hydrogen-bond donors (Lipinski definition) is 3. The summed E-state index contributed by atoms with van der Waals surface area (Å²) in [6, 6.07) is 0.398. The number of hydrogen-bond acceptors (Lipinski definition) is 5. The van der Waals surface area contributed by atoms with Crippen molar-refractivity contribution < 1.29 is 28.2 Å².